The van der Waals surface area contributed by atoms with E-state index in [9.17, 15) is 0 Å². The summed E-state index contributed by atoms with van der Waals surface area (Å²) in [6, 6.07) is 9.27. The summed E-state index contributed by atoms with van der Waals surface area (Å²) in [6.07, 6.45) is 43.8. The van der Waals surface area contributed by atoms with E-state index in [0.717, 1.165) is 43.4 Å². The van der Waals surface area contributed by atoms with Crippen LogP contribution in [0.25, 0.3) is 0 Å². The summed E-state index contributed by atoms with van der Waals surface area (Å²) in [7, 11) is 0. The van der Waals surface area contributed by atoms with Gasteiger partial charge in [-0.25, -0.2) is 0 Å². The summed E-state index contributed by atoms with van der Waals surface area (Å²) in [5.74, 6) is 4.73. The van der Waals surface area contributed by atoms with Crippen molar-refractivity contribution in [1.29, 1.82) is 0 Å². The molecule has 1 aromatic rings. The fourth-order valence-corrected chi connectivity index (χ4v) is 8.08. The van der Waals surface area contributed by atoms with E-state index >= 15 is 0 Å². The molecule has 4 aliphatic carbocycles. The maximum Gasteiger partial charge on any atom is 0.0302 e. The number of fused-ring (bicyclic) bond motifs is 3. The van der Waals surface area contributed by atoms with E-state index in [1.807, 2.05) is 37.6 Å². The topological polar surface area (TPSA) is 0 Å². The molecule has 2 fully saturated rings. The molecule has 0 amide bonds. The molecule has 0 N–H and O–H groups in total. The third kappa shape index (κ3) is 9.82. The zero-order valence-corrected chi connectivity index (χ0v) is 30.4. The van der Waals surface area contributed by atoms with Crippen LogP contribution in [0.4, 0.5) is 0 Å². The molecule has 0 radical (unpaired) electrons. The number of hydrogen-bond acceptors (Lipinski definition) is 0. The van der Waals surface area contributed by atoms with Gasteiger partial charge in [-0.15, -0.1) is 0 Å². The van der Waals surface area contributed by atoms with Crippen LogP contribution in [0.1, 0.15) is 104 Å². The number of hydrogen-bond donors (Lipinski definition) is 0. The molecule has 0 heterocycles. The Labute approximate surface area is 288 Å². The zero-order chi connectivity index (χ0) is 33.6. The van der Waals surface area contributed by atoms with Crippen molar-refractivity contribution in [1.82, 2.24) is 0 Å². The number of aryl methyl sites for hydroxylation is 1. The van der Waals surface area contributed by atoms with Gasteiger partial charge in [-0.1, -0.05) is 154 Å². The lowest BCUT2D eigenvalue weighted by Gasteiger charge is -2.36. The van der Waals surface area contributed by atoms with Crippen LogP contribution in [0, 0.1) is 35.5 Å². The van der Waals surface area contributed by atoms with Crippen LogP contribution >= 0.6 is 0 Å². The van der Waals surface area contributed by atoms with Gasteiger partial charge in [-0.05, 0) is 130 Å². The Morgan fingerprint density at radius 3 is 2.53 bits per heavy atom. The normalized spacial score (nSPS) is 26.7. The smallest absolute Gasteiger partial charge is 0.0302 e. The Bertz CT molecular complexity index is 1440. The second-order valence-corrected chi connectivity index (χ2v) is 14.0. The molecule has 7 atom stereocenters. The van der Waals surface area contributed by atoms with E-state index in [1.54, 1.807) is 5.57 Å². The van der Waals surface area contributed by atoms with Crippen molar-refractivity contribution >= 4 is 0 Å². The predicted octanol–water partition coefficient (Wildman–Crippen LogP) is 13.6. The van der Waals surface area contributed by atoms with Crippen LogP contribution in [0.3, 0.4) is 0 Å². The van der Waals surface area contributed by atoms with Crippen LogP contribution in [0.2, 0.25) is 0 Å². The highest BCUT2D eigenvalue weighted by molar-refractivity contribution is 5.48. The van der Waals surface area contributed by atoms with Crippen molar-refractivity contribution in [2.45, 2.75) is 98.8 Å². The van der Waals surface area contributed by atoms with Crippen LogP contribution in [0.5, 0.6) is 0 Å². The van der Waals surface area contributed by atoms with E-state index in [4.69, 9.17) is 0 Å². The quantitative estimate of drug-likeness (QED) is 0.151. The maximum atomic E-state index is 4.15. The average Bonchev–Trinajstić information content (AvgIpc) is 3.90. The molecule has 4 aliphatic rings. The molecule has 0 heteroatoms. The van der Waals surface area contributed by atoms with Crippen molar-refractivity contribution in [3.63, 3.8) is 0 Å². The third-order valence-electron chi connectivity index (χ3n) is 10.9. The van der Waals surface area contributed by atoms with Crippen molar-refractivity contribution in [3.05, 3.63) is 155 Å². The zero-order valence-electron chi connectivity index (χ0n) is 30.4. The summed E-state index contributed by atoms with van der Waals surface area (Å²) in [5.41, 5.74) is 9.21. The van der Waals surface area contributed by atoms with Gasteiger partial charge in [0.25, 0.3) is 0 Å². The maximum absolute atomic E-state index is 4.15. The highest BCUT2D eigenvalue weighted by Gasteiger charge is 2.48. The summed E-state index contributed by atoms with van der Waals surface area (Å²) in [4.78, 5) is 0. The fraction of sp³-hybridized carbons (Fsp3) is 0.447. The predicted molar refractivity (Wildman–Crippen MR) is 208 cm³/mol. The average molecular weight is 627 g/mol. The Hall–Kier alpha value is -3.38. The van der Waals surface area contributed by atoms with Crippen LogP contribution < -0.4 is 0 Å². The Morgan fingerprint density at radius 2 is 1.81 bits per heavy atom. The van der Waals surface area contributed by atoms with E-state index in [1.165, 1.54) is 48.0 Å². The van der Waals surface area contributed by atoms with E-state index in [2.05, 4.69) is 131 Å². The van der Waals surface area contributed by atoms with Crippen LogP contribution in [-0.4, -0.2) is 0 Å². The molecule has 0 bridgehead atoms. The molecule has 0 aliphatic heterocycles. The molecule has 0 saturated heterocycles. The summed E-state index contributed by atoms with van der Waals surface area (Å²) < 4.78 is 0. The number of rotatable bonds is 13. The van der Waals surface area contributed by atoms with Gasteiger partial charge in [0.1, 0.15) is 0 Å². The fourth-order valence-electron chi connectivity index (χ4n) is 8.08. The molecule has 0 spiro atoms. The second-order valence-electron chi connectivity index (χ2n) is 14.0. The molecule has 47 heavy (non-hydrogen) atoms. The minimum absolute atomic E-state index is 0.236. The van der Waals surface area contributed by atoms with Gasteiger partial charge >= 0.3 is 0 Å². The summed E-state index contributed by atoms with van der Waals surface area (Å²) >= 11 is 0. The lowest BCUT2D eigenvalue weighted by atomic mass is 9.69. The van der Waals surface area contributed by atoms with E-state index in [-0.39, 0.29) is 5.92 Å². The minimum atomic E-state index is 0.236. The third-order valence-corrected chi connectivity index (χ3v) is 10.9. The number of benzene rings is 1. The lowest BCUT2D eigenvalue weighted by Crippen LogP contribution is -2.24. The summed E-state index contributed by atoms with van der Waals surface area (Å²) in [5, 5.41) is 0. The molecule has 5 rings (SSSR count). The first-order chi connectivity index (χ1) is 23.0. The minimum Gasteiger partial charge on any atom is -0.0991 e. The summed E-state index contributed by atoms with van der Waals surface area (Å²) in [6.45, 7) is 17.3. The van der Waals surface area contributed by atoms with Crippen LogP contribution in [-0.2, 0) is 6.42 Å². The molecular weight excluding hydrogens is 565 g/mol. The first-order valence-corrected chi connectivity index (χ1v) is 18.7. The molecule has 0 aromatic heterocycles. The van der Waals surface area contributed by atoms with Gasteiger partial charge in [0.2, 0.25) is 0 Å². The van der Waals surface area contributed by atoms with Crippen molar-refractivity contribution in [2.24, 2.45) is 35.5 Å². The lowest BCUT2D eigenvalue weighted by molar-refractivity contribution is 0.357. The van der Waals surface area contributed by atoms with Crippen molar-refractivity contribution in [3.8, 4) is 0 Å². The standard InChI is InChI=1S/C43H54.C4H8/c1-6-10-11-12-17-33-19-14-23-38(29-33)42(37-22-13-18-32(8-3)28-37)35(16-7-2)21-15-20-34(9-4)40-26-24-31(5)39-27-25-36-30-41(36)43(39)40;1-3-4-2/h6-7,10-16,18-19,21-24,26,28,31,33-34,36,39,41-42H,2,8-9,17,20,25,27,29-30H2,1,3-5H3;3-4H,1-2H3/b10-6-,12-11-,21-15-,35-16+;4-3-/t31?,33?,34-,36?,39?,41?,42?;/m0./s1. The van der Waals surface area contributed by atoms with Gasteiger partial charge in [-0.3, -0.25) is 0 Å². The van der Waals surface area contributed by atoms with Crippen molar-refractivity contribution in [2.75, 3.05) is 0 Å². The first kappa shape index (κ1) is 36.5. The molecular formula is C47H62. The highest BCUT2D eigenvalue weighted by atomic mass is 14.5. The molecule has 2 saturated carbocycles. The molecule has 6 unspecified atom stereocenters. The highest BCUT2D eigenvalue weighted by Crippen LogP contribution is 2.59. The Kier molecular flexibility index (Phi) is 14.6. The van der Waals surface area contributed by atoms with Gasteiger partial charge in [0, 0.05) is 5.92 Å². The Balaban J connectivity index is 0.00000118. The molecule has 0 nitrogen and oxygen atoms in total. The SMILES string of the molecule is C/C=C\C.C=C/C=C(\C=C/C[C@H](CC)C1=C2C(CCC3CC23)C(C)C=C1)C(C1=CC=CC(C/C=C\C=C/C)C1)c1cccc(CC)c1. The van der Waals surface area contributed by atoms with Crippen LogP contribution in [0.15, 0.2) is 144 Å². The van der Waals surface area contributed by atoms with Gasteiger partial charge in [0.05, 0.1) is 0 Å². The van der Waals surface area contributed by atoms with Gasteiger partial charge in [-0.2, -0.15) is 0 Å². The van der Waals surface area contributed by atoms with E-state index < -0.39 is 0 Å². The Morgan fingerprint density at radius 1 is 0.979 bits per heavy atom. The van der Waals surface area contributed by atoms with Gasteiger partial charge in [0.15, 0.2) is 0 Å². The number of allylic oxidation sites excluding steroid dienone is 19. The largest absolute Gasteiger partial charge is 0.0991 e. The molecule has 250 valence electrons. The molecule has 1 aromatic carbocycles. The monoisotopic (exact) mass is 626 g/mol. The first-order valence-electron chi connectivity index (χ1n) is 18.7. The second kappa shape index (κ2) is 18.8. The van der Waals surface area contributed by atoms with Crippen molar-refractivity contribution < 1.29 is 0 Å². The van der Waals surface area contributed by atoms with Gasteiger partial charge < -0.3 is 0 Å². The van der Waals surface area contributed by atoms with E-state index in [0.29, 0.717) is 17.8 Å².